The van der Waals surface area contributed by atoms with Crippen LogP contribution in [0, 0.1) is 0 Å². The zero-order valence-electron chi connectivity index (χ0n) is 8.13. The van der Waals surface area contributed by atoms with Crippen LogP contribution in [0.4, 0.5) is 0 Å². The number of rotatable bonds is 1. The molecule has 0 radical (unpaired) electrons. The zero-order chi connectivity index (χ0) is 8.93. The first-order chi connectivity index (χ1) is 6.47. The van der Waals surface area contributed by atoms with E-state index in [9.17, 15) is 0 Å². The van der Waals surface area contributed by atoms with Gasteiger partial charge in [0, 0.05) is 17.8 Å². The monoisotopic (exact) mass is 178 g/mol. The number of hydrogen-bond donors (Lipinski definition) is 1. The summed E-state index contributed by atoms with van der Waals surface area (Å²) in [5.74, 6) is 0.753. The number of imidazole rings is 1. The number of nitrogens with zero attached hydrogens (tertiary/aromatic N) is 1. The first-order valence-corrected chi connectivity index (χ1v) is 5.45. The molecule has 0 unspecified atom stereocenters. The molecule has 1 heterocycles. The van der Waals surface area contributed by atoms with Crippen molar-refractivity contribution in [1.82, 2.24) is 9.97 Å². The number of hydrogen-bond acceptors (Lipinski definition) is 1. The highest BCUT2D eigenvalue weighted by Crippen LogP contribution is 2.29. The number of H-pyrrole nitrogens is 1. The van der Waals surface area contributed by atoms with Crippen molar-refractivity contribution in [3.05, 3.63) is 18.2 Å². The van der Waals surface area contributed by atoms with Crippen LogP contribution in [-0.2, 0) is 0 Å². The Hall–Kier alpha value is -0.790. The molecule has 1 aliphatic rings. The Balaban J connectivity index is 1.96. The van der Waals surface area contributed by atoms with Gasteiger partial charge in [-0.15, -0.1) is 0 Å². The molecule has 1 N–H and O–H groups in total. The van der Waals surface area contributed by atoms with Crippen LogP contribution >= 0.6 is 0 Å². The molecule has 2 rings (SSSR count). The fraction of sp³-hybridized carbons (Fsp3) is 0.727. The van der Waals surface area contributed by atoms with E-state index in [0.29, 0.717) is 0 Å². The lowest BCUT2D eigenvalue weighted by atomic mass is 9.89. The maximum Gasteiger partial charge on any atom is 0.0921 e. The molecule has 72 valence electrons. The van der Waals surface area contributed by atoms with Gasteiger partial charge < -0.3 is 4.98 Å². The van der Waals surface area contributed by atoms with Gasteiger partial charge in [-0.3, -0.25) is 0 Å². The average Bonchev–Trinajstić information content (AvgIpc) is 2.55. The minimum atomic E-state index is 0.753. The maximum atomic E-state index is 4.10. The molecule has 1 aromatic heterocycles. The molecule has 0 aromatic carbocycles. The molecular formula is C11H18N2. The predicted molar refractivity (Wildman–Crippen MR) is 53.6 cm³/mol. The number of aromatic nitrogens is 2. The lowest BCUT2D eigenvalue weighted by Gasteiger charge is -2.17. The van der Waals surface area contributed by atoms with E-state index in [1.807, 2.05) is 6.20 Å². The van der Waals surface area contributed by atoms with Crippen molar-refractivity contribution in [3.63, 3.8) is 0 Å². The van der Waals surface area contributed by atoms with Gasteiger partial charge in [-0.1, -0.05) is 32.1 Å². The van der Waals surface area contributed by atoms with Gasteiger partial charge in [0.1, 0.15) is 0 Å². The minimum Gasteiger partial charge on any atom is -0.348 e. The van der Waals surface area contributed by atoms with Crippen molar-refractivity contribution in [2.45, 2.75) is 50.9 Å². The highest BCUT2D eigenvalue weighted by molar-refractivity contribution is 5.03. The highest BCUT2D eigenvalue weighted by atomic mass is 14.9. The van der Waals surface area contributed by atoms with E-state index in [-0.39, 0.29) is 0 Å². The molecule has 0 bridgehead atoms. The van der Waals surface area contributed by atoms with Crippen molar-refractivity contribution in [2.75, 3.05) is 0 Å². The van der Waals surface area contributed by atoms with Gasteiger partial charge in [0.15, 0.2) is 0 Å². The largest absolute Gasteiger partial charge is 0.348 e. The van der Waals surface area contributed by atoms with Crippen molar-refractivity contribution < 1.29 is 0 Å². The summed E-state index contributed by atoms with van der Waals surface area (Å²) in [5, 5.41) is 0. The smallest absolute Gasteiger partial charge is 0.0921 e. The van der Waals surface area contributed by atoms with E-state index in [1.165, 1.54) is 50.6 Å². The fourth-order valence-corrected chi connectivity index (χ4v) is 2.26. The van der Waals surface area contributed by atoms with E-state index in [4.69, 9.17) is 0 Å². The first kappa shape index (κ1) is 8.79. The summed E-state index contributed by atoms with van der Waals surface area (Å²) >= 11 is 0. The molecule has 2 heteroatoms. The fourth-order valence-electron chi connectivity index (χ4n) is 2.26. The van der Waals surface area contributed by atoms with E-state index >= 15 is 0 Å². The van der Waals surface area contributed by atoms with Gasteiger partial charge in [0.25, 0.3) is 0 Å². The molecule has 2 nitrogen and oxygen atoms in total. The zero-order valence-corrected chi connectivity index (χ0v) is 8.13. The molecule has 0 amide bonds. The Morgan fingerprint density at radius 1 is 1.08 bits per heavy atom. The van der Waals surface area contributed by atoms with Gasteiger partial charge in [0.2, 0.25) is 0 Å². The quantitative estimate of drug-likeness (QED) is 0.702. The Labute approximate surface area is 79.8 Å². The van der Waals surface area contributed by atoms with Crippen molar-refractivity contribution >= 4 is 0 Å². The van der Waals surface area contributed by atoms with Gasteiger partial charge >= 0.3 is 0 Å². The predicted octanol–water partition coefficient (Wildman–Crippen LogP) is 3.24. The summed E-state index contributed by atoms with van der Waals surface area (Å²) in [7, 11) is 0. The highest BCUT2D eigenvalue weighted by Gasteiger charge is 2.13. The lowest BCUT2D eigenvalue weighted by molar-refractivity contribution is 0.450. The molecule has 0 saturated heterocycles. The summed E-state index contributed by atoms with van der Waals surface area (Å²) in [6, 6.07) is 0. The van der Waals surface area contributed by atoms with Gasteiger partial charge in [-0.25, -0.2) is 4.98 Å². The molecule has 13 heavy (non-hydrogen) atoms. The van der Waals surface area contributed by atoms with Crippen molar-refractivity contribution in [1.29, 1.82) is 0 Å². The van der Waals surface area contributed by atoms with Gasteiger partial charge in [-0.2, -0.15) is 0 Å². The summed E-state index contributed by atoms with van der Waals surface area (Å²) in [6.45, 7) is 0. The van der Waals surface area contributed by atoms with Crippen LogP contribution in [-0.4, -0.2) is 9.97 Å². The maximum absolute atomic E-state index is 4.10. The van der Waals surface area contributed by atoms with Crippen LogP contribution in [0.3, 0.4) is 0 Å². The molecule has 0 aliphatic heterocycles. The Morgan fingerprint density at radius 3 is 2.38 bits per heavy atom. The average molecular weight is 178 g/mol. The summed E-state index contributed by atoms with van der Waals surface area (Å²) in [5.41, 5.74) is 1.35. The third kappa shape index (κ3) is 2.33. The molecule has 0 atom stereocenters. The Kier molecular flexibility index (Phi) is 3.01. The van der Waals surface area contributed by atoms with E-state index in [1.54, 1.807) is 6.33 Å². The second-order valence-corrected chi connectivity index (χ2v) is 4.05. The third-order valence-electron chi connectivity index (χ3n) is 3.06. The molecule has 1 saturated carbocycles. The third-order valence-corrected chi connectivity index (χ3v) is 3.06. The number of nitrogens with one attached hydrogen (secondary N) is 1. The summed E-state index contributed by atoms with van der Waals surface area (Å²) in [6.07, 6.45) is 13.6. The molecule has 1 aromatic rings. The first-order valence-electron chi connectivity index (χ1n) is 5.45. The lowest BCUT2D eigenvalue weighted by Crippen LogP contribution is -2.02. The normalized spacial score (nSPS) is 20.9. The van der Waals surface area contributed by atoms with E-state index in [0.717, 1.165) is 5.92 Å². The van der Waals surface area contributed by atoms with Crippen molar-refractivity contribution in [3.8, 4) is 0 Å². The van der Waals surface area contributed by atoms with Crippen LogP contribution in [0.1, 0.15) is 56.6 Å². The van der Waals surface area contributed by atoms with Crippen LogP contribution in [0.15, 0.2) is 12.5 Å². The van der Waals surface area contributed by atoms with Crippen LogP contribution in [0.5, 0.6) is 0 Å². The molecule has 0 spiro atoms. The van der Waals surface area contributed by atoms with Gasteiger partial charge in [-0.05, 0) is 12.8 Å². The Bertz CT molecular complexity index is 220. The molecule has 1 aliphatic carbocycles. The van der Waals surface area contributed by atoms with Crippen molar-refractivity contribution in [2.24, 2.45) is 0 Å². The number of aromatic amines is 1. The van der Waals surface area contributed by atoms with Gasteiger partial charge in [0.05, 0.1) is 6.33 Å². The SMILES string of the molecule is c1ncc(C2CCCCCCC2)[nH]1. The van der Waals surface area contributed by atoms with Crippen LogP contribution in [0.2, 0.25) is 0 Å². The molecule has 1 fully saturated rings. The second-order valence-electron chi connectivity index (χ2n) is 4.05. The minimum absolute atomic E-state index is 0.753. The Morgan fingerprint density at radius 2 is 1.77 bits per heavy atom. The topological polar surface area (TPSA) is 28.7 Å². The summed E-state index contributed by atoms with van der Waals surface area (Å²) < 4.78 is 0. The van der Waals surface area contributed by atoms with Crippen LogP contribution < -0.4 is 0 Å². The second kappa shape index (κ2) is 4.45. The van der Waals surface area contributed by atoms with E-state index < -0.39 is 0 Å². The molecular weight excluding hydrogens is 160 g/mol. The van der Waals surface area contributed by atoms with Crippen LogP contribution in [0.25, 0.3) is 0 Å². The standard InChI is InChI=1S/C11H18N2/c1-2-4-6-10(7-5-3-1)11-8-12-9-13-11/h8-10H,1-7H2,(H,12,13). The van der Waals surface area contributed by atoms with E-state index in [2.05, 4.69) is 9.97 Å². The summed E-state index contributed by atoms with van der Waals surface area (Å²) in [4.78, 5) is 7.34.